The second kappa shape index (κ2) is 7.23. The second-order valence-electron chi connectivity index (χ2n) is 5.89. The highest BCUT2D eigenvalue weighted by Crippen LogP contribution is 2.21. The largest absolute Gasteiger partial charge is 0.435 e. The van der Waals surface area contributed by atoms with Crippen LogP contribution in [0.3, 0.4) is 0 Å². The van der Waals surface area contributed by atoms with Gasteiger partial charge in [-0.1, -0.05) is 6.07 Å². The number of likely N-dealkylation sites (tertiary alicyclic amines) is 1. The van der Waals surface area contributed by atoms with Crippen LogP contribution in [0.15, 0.2) is 24.3 Å². The number of nitrogens with one attached hydrogen (secondary N) is 1. The van der Waals surface area contributed by atoms with Crippen LogP contribution in [0.4, 0.5) is 8.78 Å². The van der Waals surface area contributed by atoms with Crippen LogP contribution in [-0.2, 0) is 0 Å². The fraction of sp³-hybridized carbons (Fsp3) is 0.562. The highest BCUT2D eigenvalue weighted by molar-refractivity contribution is 5.94. The SMILES string of the molecule is O=C(c1cccc(OC(F)F)c1)N1CCC(N2CCNCC2)C1. The highest BCUT2D eigenvalue weighted by atomic mass is 19.3. The van der Waals surface area contributed by atoms with Crippen molar-refractivity contribution >= 4 is 5.91 Å². The van der Waals surface area contributed by atoms with E-state index in [0.29, 0.717) is 24.7 Å². The molecular formula is C16H21F2N3O2. The Bertz CT molecular complexity index is 550. The molecule has 2 aliphatic rings. The molecule has 1 amide bonds. The van der Waals surface area contributed by atoms with E-state index in [9.17, 15) is 13.6 Å². The summed E-state index contributed by atoms with van der Waals surface area (Å²) in [5.74, 6) is -0.106. The number of hydrogen-bond acceptors (Lipinski definition) is 4. The molecule has 0 aromatic heterocycles. The molecule has 3 rings (SSSR count). The van der Waals surface area contributed by atoms with Gasteiger partial charge in [-0.05, 0) is 24.6 Å². The van der Waals surface area contributed by atoms with Crippen molar-refractivity contribution in [2.45, 2.75) is 19.1 Å². The van der Waals surface area contributed by atoms with Crippen LogP contribution in [-0.4, -0.2) is 67.6 Å². The molecule has 1 aromatic carbocycles. The summed E-state index contributed by atoms with van der Waals surface area (Å²) in [7, 11) is 0. The van der Waals surface area contributed by atoms with Gasteiger partial charge in [-0.15, -0.1) is 0 Å². The molecule has 0 radical (unpaired) electrons. The first kappa shape index (κ1) is 16.1. The molecule has 0 spiro atoms. The highest BCUT2D eigenvalue weighted by Gasteiger charge is 2.31. The molecule has 126 valence electrons. The van der Waals surface area contributed by atoms with Gasteiger partial charge in [-0.2, -0.15) is 8.78 Å². The number of rotatable bonds is 4. The molecule has 2 saturated heterocycles. The maximum atomic E-state index is 12.6. The van der Waals surface area contributed by atoms with Crippen LogP contribution in [0.25, 0.3) is 0 Å². The third-order valence-corrected chi connectivity index (χ3v) is 4.42. The van der Waals surface area contributed by atoms with Gasteiger partial charge in [0.15, 0.2) is 0 Å². The third kappa shape index (κ3) is 3.97. The minimum atomic E-state index is -2.88. The van der Waals surface area contributed by atoms with Gasteiger partial charge in [0.1, 0.15) is 5.75 Å². The van der Waals surface area contributed by atoms with Crippen molar-refractivity contribution in [1.29, 1.82) is 0 Å². The first-order valence-electron chi connectivity index (χ1n) is 7.92. The van der Waals surface area contributed by atoms with Gasteiger partial charge in [0, 0.05) is 50.9 Å². The van der Waals surface area contributed by atoms with Crippen LogP contribution >= 0.6 is 0 Å². The van der Waals surface area contributed by atoms with Gasteiger partial charge < -0.3 is 15.0 Å². The first-order chi connectivity index (χ1) is 11.1. The van der Waals surface area contributed by atoms with E-state index >= 15 is 0 Å². The number of benzene rings is 1. The van der Waals surface area contributed by atoms with Crippen LogP contribution in [0.2, 0.25) is 0 Å². The van der Waals surface area contributed by atoms with Gasteiger partial charge in [0.2, 0.25) is 0 Å². The molecule has 7 heteroatoms. The molecule has 2 fully saturated rings. The van der Waals surface area contributed by atoms with E-state index in [1.54, 1.807) is 17.0 Å². The van der Waals surface area contributed by atoms with E-state index < -0.39 is 6.61 Å². The third-order valence-electron chi connectivity index (χ3n) is 4.42. The summed E-state index contributed by atoms with van der Waals surface area (Å²) in [6, 6.07) is 6.40. The zero-order valence-corrected chi connectivity index (χ0v) is 12.9. The minimum absolute atomic E-state index is 0.0173. The Kier molecular flexibility index (Phi) is 5.07. The fourth-order valence-corrected chi connectivity index (χ4v) is 3.26. The predicted molar refractivity (Wildman–Crippen MR) is 81.8 cm³/mol. The molecule has 0 saturated carbocycles. The van der Waals surface area contributed by atoms with E-state index in [2.05, 4.69) is 15.0 Å². The monoisotopic (exact) mass is 325 g/mol. The lowest BCUT2D eigenvalue weighted by molar-refractivity contribution is -0.0499. The molecule has 1 unspecified atom stereocenters. The van der Waals surface area contributed by atoms with Gasteiger partial charge in [0.05, 0.1) is 0 Å². The van der Waals surface area contributed by atoms with Crippen LogP contribution in [0, 0.1) is 0 Å². The van der Waals surface area contributed by atoms with Crippen LogP contribution in [0.5, 0.6) is 5.75 Å². The Hall–Kier alpha value is -1.73. The lowest BCUT2D eigenvalue weighted by atomic mass is 10.2. The van der Waals surface area contributed by atoms with Crippen molar-refractivity contribution < 1.29 is 18.3 Å². The van der Waals surface area contributed by atoms with Gasteiger partial charge in [-0.25, -0.2) is 0 Å². The van der Waals surface area contributed by atoms with E-state index in [-0.39, 0.29) is 11.7 Å². The van der Waals surface area contributed by atoms with Crippen molar-refractivity contribution in [2.75, 3.05) is 39.3 Å². The molecule has 1 atom stereocenters. The number of carbonyl (C=O) groups excluding carboxylic acids is 1. The Morgan fingerprint density at radius 2 is 2.04 bits per heavy atom. The minimum Gasteiger partial charge on any atom is -0.435 e. The number of hydrogen-bond donors (Lipinski definition) is 1. The normalized spacial score (nSPS) is 22.6. The predicted octanol–water partition coefficient (Wildman–Crippen LogP) is 1.41. The second-order valence-corrected chi connectivity index (χ2v) is 5.89. The molecule has 1 aromatic rings. The van der Waals surface area contributed by atoms with Gasteiger partial charge in [0.25, 0.3) is 5.91 Å². The molecule has 1 N–H and O–H groups in total. The molecule has 2 heterocycles. The topological polar surface area (TPSA) is 44.8 Å². The summed E-state index contributed by atoms with van der Waals surface area (Å²) < 4.78 is 28.9. The average molecular weight is 325 g/mol. The number of piperazine rings is 1. The Morgan fingerprint density at radius 3 is 2.78 bits per heavy atom. The number of amides is 1. The zero-order chi connectivity index (χ0) is 16.2. The van der Waals surface area contributed by atoms with Crippen molar-refractivity contribution in [3.8, 4) is 5.75 Å². The quantitative estimate of drug-likeness (QED) is 0.909. The smallest absolute Gasteiger partial charge is 0.387 e. The van der Waals surface area contributed by atoms with Gasteiger partial charge >= 0.3 is 6.61 Å². The Labute approximate surface area is 134 Å². The number of halogens is 2. The van der Waals surface area contributed by atoms with Crippen molar-refractivity contribution in [3.63, 3.8) is 0 Å². The summed E-state index contributed by atoms with van der Waals surface area (Å²) in [4.78, 5) is 16.8. The number of nitrogens with zero attached hydrogens (tertiary/aromatic N) is 2. The van der Waals surface area contributed by atoms with E-state index in [0.717, 1.165) is 32.6 Å². The van der Waals surface area contributed by atoms with E-state index in [1.165, 1.54) is 12.1 Å². The van der Waals surface area contributed by atoms with Gasteiger partial charge in [-0.3, -0.25) is 9.69 Å². The van der Waals surface area contributed by atoms with Crippen LogP contribution in [0.1, 0.15) is 16.8 Å². The van der Waals surface area contributed by atoms with E-state index in [1.807, 2.05) is 0 Å². The lowest BCUT2D eigenvalue weighted by Gasteiger charge is -2.32. The Balaban J connectivity index is 1.62. The van der Waals surface area contributed by atoms with Crippen molar-refractivity contribution in [3.05, 3.63) is 29.8 Å². The molecule has 2 aliphatic heterocycles. The first-order valence-corrected chi connectivity index (χ1v) is 7.92. The summed E-state index contributed by atoms with van der Waals surface area (Å²) in [5.41, 5.74) is 0.393. The van der Waals surface area contributed by atoms with Crippen LogP contribution < -0.4 is 10.1 Å². The zero-order valence-electron chi connectivity index (χ0n) is 12.9. The number of ether oxygens (including phenoxy) is 1. The summed E-state index contributed by atoms with van der Waals surface area (Å²) >= 11 is 0. The summed E-state index contributed by atoms with van der Waals surface area (Å²) in [6.45, 7) is 2.49. The molecule has 5 nitrogen and oxygen atoms in total. The van der Waals surface area contributed by atoms with Crippen molar-refractivity contribution in [2.24, 2.45) is 0 Å². The van der Waals surface area contributed by atoms with E-state index in [4.69, 9.17) is 0 Å². The maximum Gasteiger partial charge on any atom is 0.387 e. The fourth-order valence-electron chi connectivity index (χ4n) is 3.26. The summed E-state index contributed by atoms with van der Waals surface area (Å²) in [5, 5.41) is 3.32. The number of alkyl halides is 2. The molecule has 23 heavy (non-hydrogen) atoms. The molecule has 0 bridgehead atoms. The maximum absolute atomic E-state index is 12.6. The lowest BCUT2D eigenvalue weighted by Crippen LogP contribution is -2.49. The average Bonchev–Trinajstić information content (AvgIpc) is 3.04. The molecular weight excluding hydrogens is 304 g/mol. The number of carbonyl (C=O) groups is 1. The standard InChI is InChI=1S/C16H21F2N3O2/c17-16(18)23-14-3-1-2-12(10-14)15(22)21-7-4-13(11-21)20-8-5-19-6-9-20/h1-3,10,13,16,19H,4-9,11H2. The summed E-state index contributed by atoms with van der Waals surface area (Å²) in [6.07, 6.45) is 0.957. The van der Waals surface area contributed by atoms with Crippen molar-refractivity contribution in [1.82, 2.24) is 15.1 Å². The Morgan fingerprint density at radius 1 is 1.26 bits per heavy atom. The molecule has 0 aliphatic carbocycles.